The lowest BCUT2D eigenvalue weighted by atomic mass is 10.2. The Morgan fingerprint density at radius 1 is 1.24 bits per heavy atom. The van der Waals surface area contributed by atoms with Crippen LogP contribution in [-0.4, -0.2) is 50.9 Å². The SMILES string of the molecule is COc1cc(/C=N/N=C2\SC(CC(=O)O)C(=O)N2c2ccc(O)cc2)ccc1O. The zero-order valence-electron chi connectivity index (χ0n) is 15.2. The molecule has 1 amide bonds. The number of anilines is 1. The van der Waals surface area contributed by atoms with Gasteiger partial charge in [0.05, 0.1) is 25.4 Å². The molecule has 0 bridgehead atoms. The van der Waals surface area contributed by atoms with Crippen molar-refractivity contribution >= 4 is 40.7 Å². The van der Waals surface area contributed by atoms with Gasteiger partial charge in [0.1, 0.15) is 11.0 Å². The van der Waals surface area contributed by atoms with Gasteiger partial charge in [0, 0.05) is 0 Å². The second-order valence-corrected chi connectivity index (χ2v) is 7.12. The monoisotopic (exact) mass is 415 g/mol. The number of nitrogens with zero attached hydrogens (tertiary/aromatic N) is 3. The van der Waals surface area contributed by atoms with E-state index in [0.29, 0.717) is 11.3 Å². The number of carbonyl (C=O) groups is 2. The number of amides is 1. The fraction of sp³-hybridized carbons (Fsp3) is 0.158. The maximum atomic E-state index is 12.7. The van der Waals surface area contributed by atoms with Gasteiger partial charge >= 0.3 is 5.97 Å². The second kappa shape index (κ2) is 8.65. The largest absolute Gasteiger partial charge is 0.508 e. The topological polar surface area (TPSA) is 132 Å². The van der Waals surface area contributed by atoms with Gasteiger partial charge in [0.25, 0.3) is 0 Å². The molecule has 0 aliphatic carbocycles. The number of hydrogen-bond donors (Lipinski definition) is 3. The highest BCUT2D eigenvalue weighted by atomic mass is 32.2. The maximum Gasteiger partial charge on any atom is 0.305 e. The van der Waals surface area contributed by atoms with Crippen molar-refractivity contribution < 1.29 is 29.6 Å². The number of phenolic OH excluding ortho intramolecular Hbond substituents is 2. The van der Waals surface area contributed by atoms with Crippen molar-refractivity contribution in [3.05, 3.63) is 48.0 Å². The summed E-state index contributed by atoms with van der Waals surface area (Å²) in [5, 5.41) is 35.6. The zero-order valence-corrected chi connectivity index (χ0v) is 16.0. The third-order valence-corrected chi connectivity index (χ3v) is 5.08. The van der Waals surface area contributed by atoms with E-state index >= 15 is 0 Å². The molecule has 150 valence electrons. The van der Waals surface area contributed by atoms with E-state index in [1.165, 1.54) is 48.6 Å². The summed E-state index contributed by atoms with van der Waals surface area (Å²) < 4.78 is 5.03. The minimum absolute atomic E-state index is 0.0112. The van der Waals surface area contributed by atoms with Gasteiger partial charge in [-0.2, -0.15) is 5.10 Å². The Morgan fingerprint density at radius 2 is 1.97 bits per heavy atom. The number of carboxylic acids is 1. The molecule has 1 unspecified atom stereocenters. The van der Waals surface area contributed by atoms with Crippen LogP contribution in [0.15, 0.2) is 52.7 Å². The first-order valence-electron chi connectivity index (χ1n) is 8.38. The molecule has 1 aliphatic heterocycles. The summed E-state index contributed by atoms with van der Waals surface area (Å²) in [6.45, 7) is 0. The predicted molar refractivity (Wildman–Crippen MR) is 109 cm³/mol. The van der Waals surface area contributed by atoms with Gasteiger partial charge in [-0.3, -0.25) is 14.5 Å². The van der Waals surface area contributed by atoms with E-state index in [1.54, 1.807) is 12.1 Å². The Kier molecular flexibility index (Phi) is 6.03. The number of benzene rings is 2. The number of ether oxygens (including phenoxy) is 1. The quantitative estimate of drug-likeness (QED) is 0.487. The minimum atomic E-state index is -1.09. The second-order valence-electron chi connectivity index (χ2n) is 5.95. The number of amidine groups is 1. The Bertz CT molecular complexity index is 990. The van der Waals surface area contributed by atoms with Crippen molar-refractivity contribution in [1.29, 1.82) is 0 Å². The van der Waals surface area contributed by atoms with Crippen LogP contribution in [0.5, 0.6) is 17.2 Å². The average Bonchev–Trinajstić information content (AvgIpc) is 2.98. The van der Waals surface area contributed by atoms with Crippen molar-refractivity contribution in [3.63, 3.8) is 0 Å². The van der Waals surface area contributed by atoms with E-state index < -0.39 is 17.1 Å². The van der Waals surface area contributed by atoms with Gasteiger partial charge in [-0.05, 0) is 48.0 Å². The summed E-state index contributed by atoms with van der Waals surface area (Å²) in [5.74, 6) is -1.22. The maximum absolute atomic E-state index is 12.7. The lowest BCUT2D eigenvalue weighted by Crippen LogP contribution is -2.32. The smallest absolute Gasteiger partial charge is 0.305 e. The molecule has 1 fully saturated rings. The molecule has 1 heterocycles. The van der Waals surface area contributed by atoms with Gasteiger partial charge in [0.2, 0.25) is 5.91 Å². The van der Waals surface area contributed by atoms with Crippen molar-refractivity contribution in [3.8, 4) is 17.2 Å². The molecule has 3 rings (SSSR count). The predicted octanol–water partition coefficient (Wildman–Crippen LogP) is 2.42. The van der Waals surface area contributed by atoms with E-state index in [9.17, 15) is 19.8 Å². The van der Waals surface area contributed by atoms with Crippen LogP contribution in [0.4, 0.5) is 5.69 Å². The molecular formula is C19H17N3O6S. The summed E-state index contributed by atoms with van der Waals surface area (Å²) in [6.07, 6.45) is 1.06. The molecule has 29 heavy (non-hydrogen) atoms. The van der Waals surface area contributed by atoms with Gasteiger partial charge < -0.3 is 20.1 Å². The van der Waals surface area contributed by atoms with Crippen LogP contribution < -0.4 is 9.64 Å². The van der Waals surface area contributed by atoms with Gasteiger partial charge in [-0.15, -0.1) is 5.10 Å². The van der Waals surface area contributed by atoms with Crippen molar-refractivity contribution in [2.24, 2.45) is 10.2 Å². The van der Waals surface area contributed by atoms with Gasteiger partial charge in [-0.25, -0.2) is 0 Å². The highest BCUT2D eigenvalue weighted by molar-refractivity contribution is 8.16. The molecule has 1 atom stereocenters. The van der Waals surface area contributed by atoms with Crippen LogP contribution in [0, 0.1) is 0 Å². The summed E-state index contributed by atoms with van der Waals surface area (Å²) in [5.41, 5.74) is 1.05. The van der Waals surface area contributed by atoms with Gasteiger partial charge in [0.15, 0.2) is 16.7 Å². The van der Waals surface area contributed by atoms with E-state index in [2.05, 4.69) is 10.2 Å². The third-order valence-electron chi connectivity index (χ3n) is 3.96. The molecule has 2 aromatic carbocycles. The minimum Gasteiger partial charge on any atom is -0.508 e. The average molecular weight is 415 g/mol. The first-order valence-corrected chi connectivity index (χ1v) is 9.26. The number of phenols is 2. The number of methoxy groups -OCH3 is 1. The van der Waals surface area contributed by atoms with Gasteiger partial charge in [-0.1, -0.05) is 11.8 Å². The fourth-order valence-electron chi connectivity index (χ4n) is 2.58. The first kappa shape index (κ1) is 20.2. The summed E-state index contributed by atoms with van der Waals surface area (Å²) in [7, 11) is 1.43. The molecular weight excluding hydrogens is 398 g/mol. The summed E-state index contributed by atoms with van der Waals surface area (Å²) in [4.78, 5) is 25.0. The lowest BCUT2D eigenvalue weighted by molar-refractivity contribution is -0.138. The first-order chi connectivity index (χ1) is 13.9. The molecule has 1 saturated heterocycles. The number of hydrogen-bond acceptors (Lipinski definition) is 8. The van der Waals surface area contributed by atoms with Crippen LogP contribution in [-0.2, 0) is 9.59 Å². The zero-order chi connectivity index (χ0) is 21.0. The Hall–Kier alpha value is -3.53. The van der Waals surface area contributed by atoms with E-state index in [1.807, 2.05) is 0 Å². The third kappa shape index (κ3) is 4.66. The number of aliphatic carboxylic acids is 1. The molecule has 0 saturated carbocycles. The molecule has 1 aliphatic rings. The van der Waals surface area contributed by atoms with Crippen molar-refractivity contribution in [2.45, 2.75) is 11.7 Å². The molecule has 0 spiro atoms. The summed E-state index contributed by atoms with van der Waals surface area (Å²) >= 11 is 1.00. The molecule has 0 radical (unpaired) electrons. The molecule has 3 N–H and O–H groups in total. The Morgan fingerprint density at radius 3 is 2.62 bits per heavy atom. The van der Waals surface area contributed by atoms with Crippen LogP contribution in [0.3, 0.4) is 0 Å². The number of carboxylic acid groups (broad SMARTS) is 1. The molecule has 0 aromatic heterocycles. The number of thioether (sulfide) groups is 1. The number of carbonyl (C=O) groups excluding carboxylic acids is 1. The number of aromatic hydroxyl groups is 2. The highest BCUT2D eigenvalue weighted by Gasteiger charge is 2.40. The van der Waals surface area contributed by atoms with Crippen LogP contribution in [0.25, 0.3) is 0 Å². The van der Waals surface area contributed by atoms with Crippen LogP contribution in [0.2, 0.25) is 0 Å². The molecule has 9 nitrogen and oxygen atoms in total. The fourth-order valence-corrected chi connectivity index (χ4v) is 3.66. The van der Waals surface area contributed by atoms with Crippen molar-refractivity contribution in [2.75, 3.05) is 12.0 Å². The van der Waals surface area contributed by atoms with E-state index in [-0.39, 0.29) is 28.8 Å². The van der Waals surface area contributed by atoms with Crippen molar-refractivity contribution in [1.82, 2.24) is 0 Å². The lowest BCUT2D eigenvalue weighted by Gasteiger charge is -2.15. The van der Waals surface area contributed by atoms with E-state index in [4.69, 9.17) is 9.84 Å². The molecule has 10 heteroatoms. The van der Waals surface area contributed by atoms with Crippen LogP contribution in [0.1, 0.15) is 12.0 Å². The summed E-state index contributed by atoms with van der Waals surface area (Å²) in [6, 6.07) is 10.5. The number of rotatable bonds is 6. The Labute approximate surface area is 170 Å². The van der Waals surface area contributed by atoms with E-state index in [0.717, 1.165) is 11.8 Å². The normalized spacial score (nSPS) is 18.0. The van der Waals surface area contributed by atoms with Crippen LogP contribution >= 0.6 is 11.8 Å². The standard InChI is InChI=1S/C19H17N3O6S/c1-28-15-8-11(2-7-14(15)24)10-20-21-19-22(12-3-5-13(23)6-4-12)18(27)16(29-19)9-17(25)26/h2-8,10,16,23-24H,9H2,1H3,(H,25,26)/b20-10+,21-19-. The highest BCUT2D eigenvalue weighted by Crippen LogP contribution is 2.34. The Balaban J connectivity index is 1.89. The molecule has 2 aromatic rings.